The third kappa shape index (κ3) is 3.23. The molecule has 1 aromatic carbocycles. The smallest absolute Gasteiger partial charge is 0.151 e. The summed E-state index contributed by atoms with van der Waals surface area (Å²) in [6.45, 7) is 4.38. The van der Waals surface area contributed by atoms with E-state index in [1.807, 2.05) is 19.9 Å². The minimum Gasteiger partial charge on any atom is -0.395 e. The van der Waals surface area contributed by atoms with Crippen LogP contribution in [-0.2, 0) is 0 Å². The second-order valence-electron chi connectivity index (χ2n) is 3.51. The molecule has 0 bridgehead atoms. The third-order valence-corrected chi connectivity index (χ3v) is 1.90. The molecule has 0 radical (unpaired) electrons. The molecule has 0 aromatic heterocycles. The second kappa shape index (κ2) is 4.77. The Morgan fingerprint density at radius 2 is 2.07 bits per heavy atom. The molecule has 0 heterocycles. The molecule has 0 saturated heterocycles. The Bertz CT molecular complexity index is 382. The topological polar surface area (TPSA) is 38.0 Å². The Kier molecular flexibility index (Phi) is 3.66. The summed E-state index contributed by atoms with van der Waals surface area (Å²) in [6.07, 6.45) is 1.91. The monoisotopic (exact) mass is 212 g/mol. The Morgan fingerprint density at radius 3 is 2.67 bits per heavy atom. The van der Waals surface area contributed by atoms with Crippen LogP contribution in [0.25, 0.3) is 0 Å². The molecule has 0 aliphatic carbocycles. The lowest BCUT2D eigenvalue weighted by Crippen LogP contribution is -2.04. The van der Waals surface area contributed by atoms with Gasteiger partial charge in [-0.2, -0.15) is 0 Å². The van der Waals surface area contributed by atoms with E-state index in [2.05, 4.69) is 5.32 Å². The van der Waals surface area contributed by atoms with Gasteiger partial charge in [0.25, 0.3) is 0 Å². The van der Waals surface area contributed by atoms with Crippen LogP contribution in [0.15, 0.2) is 23.8 Å². The molecule has 0 aliphatic rings. The molecule has 0 fully saturated rings. The van der Waals surface area contributed by atoms with E-state index in [1.54, 1.807) is 0 Å². The highest BCUT2D eigenvalue weighted by Crippen LogP contribution is 2.23. The molecule has 0 spiro atoms. The highest BCUT2D eigenvalue weighted by molar-refractivity contribution is 5.66. The van der Waals surface area contributed by atoms with E-state index in [1.165, 1.54) is 6.07 Å². The van der Waals surface area contributed by atoms with Crippen LogP contribution >= 0.6 is 0 Å². The Labute approximate surface area is 87.8 Å². The van der Waals surface area contributed by atoms with Crippen molar-refractivity contribution in [2.75, 3.05) is 17.6 Å². The normalized spacial score (nSPS) is 9.87. The van der Waals surface area contributed by atoms with Gasteiger partial charge in [0.05, 0.1) is 11.4 Å². The molecular weight excluding hydrogens is 198 g/mol. The fourth-order valence-corrected chi connectivity index (χ4v) is 1.10. The molecule has 82 valence electrons. The van der Waals surface area contributed by atoms with Crippen molar-refractivity contribution in [3.05, 3.63) is 35.4 Å². The standard InChI is InChI=1S/C11H14F2N2/c1-7(2)3-4-15-10-6-8(12)5-9(13)11(10)14/h3,5-6,15H,4,14H2,1-2H3. The first-order chi connectivity index (χ1) is 7.00. The molecule has 1 aromatic rings. The zero-order valence-corrected chi connectivity index (χ0v) is 8.77. The SMILES string of the molecule is CC(C)=CCNc1cc(F)cc(F)c1N. The predicted molar refractivity (Wildman–Crippen MR) is 58.7 cm³/mol. The van der Waals surface area contributed by atoms with Gasteiger partial charge in [0, 0.05) is 12.6 Å². The molecular formula is C11H14F2N2. The summed E-state index contributed by atoms with van der Waals surface area (Å²) >= 11 is 0. The molecule has 3 N–H and O–H groups in total. The number of halogens is 2. The molecule has 1 rings (SSSR count). The quantitative estimate of drug-likeness (QED) is 0.597. The van der Waals surface area contributed by atoms with Gasteiger partial charge in [0.1, 0.15) is 5.82 Å². The van der Waals surface area contributed by atoms with E-state index >= 15 is 0 Å². The van der Waals surface area contributed by atoms with E-state index in [9.17, 15) is 8.78 Å². The largest absolute Gasteiger partial charge is 0.395 e. The van der Waals surface area contributed by atoms with Crippen molar-refractivity contribution in [2.45, 2.75) is 13.8 Å². The van der Waals surface area contributed by atoms with Crippen molar-refractivity contribution >= 4 is 11.4 Å². The lowest BCUT2D eigenvalue weighted by Gasteiger charge is -2.08. The van der Waals surface area contributed by atoms with Gasteiger partial charge in [0.2, 0.25) is 0 Å². The molecule has 0 aliphatic heterocycles. The summed E-state index contributed by atoms with van der Waals surface area (Å²) in [5.41, 5.74) is 6.79. The maximum absolute atomic E-state index is 13.0. The summed E-state index contributed by atoms with van der Waals surface area (Å²) in [6, 6.07) is 1.94. The highest BCUT2D eigenvalue weighted by atomic mass is 19.1. The minimum absolute atomic E-state index is 0.0569. The second-order valence-corrected chi connectivity index (χ2v) is 3.51. The Balaban J connectivity index is 2.81. The van der Waals surface area contributed by atoms with Crippen LogP contribution in [0, 0.1) is 11.6 Å². The zero-order valence-electron chi connectivity index (χ0n) is 8.77. The molecule has 4 heteroatoms. The number of rotatable bonds is 3. The molecule has 0 atom stereocenters. The first-order valence-electron chi connectivity index (χ1n) is 4.62. The van der Waals surface area contributed by atoms with Crippen LogP contribution in [0.3, 0.4) is 0 Å². The summed E-state index contributed by atoms with van der Waals surface area (Å²) in [4.78, 5) is 0. The van der Waals surface area contributed by atoms with Gasteiger partial charge in [-0.3, -0.25) is 0 Å². The van der Waals surface area contributed by atoms with Crippen LogP contribution in [0.5, 0.6) is 0 Å². The van der Waals surface area contributed by atoms with Gasteiger partial charge in [0.15, 0.2) is 5.82 Å². The van der Waals surface area contributed by atoms with Crippen LogP contribution < -0.4 is 11.1 Å². The summed E-state index contributed by atoms with van der Waals surface area (Å²) in [5, 5.41) is 2.84. The first kappa shape index (κ1) is 11.5. The molecule has 2 nitrogen and oxygen atoms in total. The summed E-state index contributed by atoms with van der Waals surface area (Å²) in [7, 11) is 0. The van der Waals surface area contributed by atoms with E-state index in [-0.39, 0.29) is 11.4 Å². The lowest BCUT2D eigenvalue weighted by atomic mass is 10.2. The zero-order chi connectivity index (χ0) is 11.4. The van der Waals surface area contributed by atoms with E-state index < -0.39 is 11.6 Å². The molecule has 15 heavy (non-hydrogen) atoms. The van der Waals surface area contributed by atoms with Crippen molar-refractivity contribution in [3.63, 3.8) is 0 Å². The number of hydrogen-bond donors (Lipinski definition) is 2. The summed E-state index contributed by atoms with van der Waals surface area (Å²) < 4.78 is 25.8. The summed E-state index contributed by atoms with van der Waals surface area (Å²) in [5.74, 6) is -1.38. The lowest BCUT2D eigenvalue weighted by molar-refractivity contribution is 0.587. The fourth-order valence-electron chi connectivity index (χ4n) is 1.10. The van der Waals surface area contributed by atoms with Gasteiger partial charge in [-0.05, 0) is 19.9 Å². The van der Waals surface area contributed by atoms with Gasteiger partial charge in [-0.15, -0.1) is 0 Å². The number of benzene rings is 1. The van der Waals surface area contributed by atoms with E-state index in [4.69, 9.17) is 5.73 Å². The maximum Gasteiger partial charge on any atom is 0.151 e. The minimum atomic E-state index is -0.741. The van der Waals surface area contributed by atoms with Gasteiger partial charge in [-0.1, -0.05) is 11.6 Å². The Morgan fingerprint density at radius 1 is 1.40 bits per heavy atom. The number of allylic oxidation sites excluding steroid dienone is 1. The third-order valence-electron chi connectivity index (χ3n) is 1.90. The number of nitrogen functional groups attached to an aromatic ring is 1. The van der Waals surface area contributed by atoms with Crippen molar-refractivity contribution < 1.29 is 8.78 Å². The number of nitrogens with two attached hydrogens (primary N) is 1. The van der Waals surface area contributed by atoms with Crippen molar-refractivity contribution in [1.82, 2.24) is 0 Å². The van der Waals surface area contributed by atoms with Crippen molar-refractivity contribution in [1.29, 1.82) is 0 Å². The van der Waals surface area contributed by atoms with Crippen LogP contribution in [0.2, 0.25) is 0 Å². The van der Waals surface area contributed by atoms with Gasteiger partial charge < -0.3 is 11.1 Å². The number of hydrogen-bond acceptors (Lipinski definition) is 2. The highest BCUT2D eigenvalue weighted by Gasteiger charge is 2.06. The van der Waals surface area contributed by atoms with E-state index in [0.29, 0.717) is 6.54 Å². The Hall–Kier alpha value is -1.58. The molecule has 0 saturated carbocycles. The number of nitrogens with one attached hydrogen (secondary N) is 1. The van der Waals surface area contributed by atoms with Crippen LogP contribution in [0.4, 0.5) is 20.2 Å². The van der Waals surface area contributed by atoms with Crippen molar-refractivity contribution in [2.24, 2.45) is 0 Å². The maximum atomic E-state index is 13.0. The van der Waals surface area contributed by atoms with Crippen LogP contribution in [0.1, 0.15) is 13.8 Å². The van der Waals surface area contributed by atoms with Gasteiger partial charge >= 0.3 is 0 Å². The van der Waals surface area contributed by atoms with Crippen molar-refractivity contribution in [3.8, 4) is 0 Å². The molecule has 0 unspecified atom stereocenters. The van der Waals surface area contributed by atoms with Gasteiger partial charge in [-0.25, -0.2) is 8.78 Å². The van der Waals surface area contributed by atoms with E-state index in [0.717, 1.165) is 11.6 Å². The number of anilines is 2. The first-order valence-corrected chi connectivity index (χ1v) is 4.62. The molecule has 0 amide bonds. The average molecular weight is 212 g/mol. The fraction of sp³-hybridized carbons (Fsp3) is 0.273. The average Bonchev–Trinajstić information content (AvgIpc) is 2.12. The van der Waals surface area contributed by atoms with Crippen LogP contribution in [-0.4, -0.2) is 6.54 Å². The predicted octanol–water partition coefficient (Wildman–Crippen LogP) is 2.93.